The van der Waals surface area contributed by atoms with Crippen molar-refractivity contribution < 1.29 is 9.84 Å². The summed E-state index contributed by atoms with van der Waals surface area (Å²) in [5, 5.41) is 16.7. The molecule has 1 saturated carbocycles. The third-order valence-corrected chi connectivity index (χ3v) is 5.54. The molecule has 1 heterocycles. The van der Waals surface area contributed by atoms with Gasteiger partial charge < -0.3 is 15.2 Å². The zero-order valence-corrected chi connectivity index (χ0v) is 15.2. The molecule has 1 fully saturated rings. The molecule has 4 nitrogen and oxygen atoms in total. The maximum atomic E-state index is 9.99. The van der Waals surface area contributed by atoms with Gasteiger partial charge in [-0.1, -0.05) is 20.3 Å². The number of hydrogen-bond acceptors (Lipinski definition) is 5. The molecule has 130 valence electrons. The summed E-state index contributed by atoms with van der Waals surface area (Å²) in [6.45, 7) is 5.06. The number of aliphatic hydroxyl groups is 1. The van der Waals surface area contributed by atoms with Crippen LogP contribution in [0.3, 0.4) is 0 Å². The highest BCUT2D eigenvalue weighted by Crippen LogP contribution is 2.25. The number of nitrogens with one attached hydrogen (secondary N) is 1. The van der Waals surface area contributed by atoms with Crippen LogP contribution in [0.25, 0.3) is 0 Å². The van der Waals surface area contributed by atoms with Crippen LogP contribution in [0.1, 0.15) is 56.2 Å². The molecule has 0 amide bonds. The van der Waals surface area contributed by atoms with E-state index < -0.39 is 0 Å². The minimum atomic E-state index is -0.337. The second-order valence-electron chi connectivity index (χ2n) is 6.72. The standard InChI is InChI=1S/C19H26N2O2S/c1-13(2)19-21-15(12-24-19)11-20-14-7-9-16(10-8-14)23-18-6-4-3-5-17(18)22/h7-10,12-13,17-18,20,22H,3-6,11H2,1-2H3. The van der Waals surface area contributed by atoms with Gasteiger partial charge in [0.25, 0.3) is 0 Å². The van der Waals surface area contributed by atoms with Gasteiger partial charge in [-0.15, -0.1) is 11.3 Å². The van der Waals surface area contributed by atoms with Crippen LogP contribution in [0.5, 0.6) is 5.75 Å². The fraction of sp³-hybridized carbons (Fsp3) is 0.526. The largest absolute Gasteiger partial charge is 0.488 e. The highest BCUT2D eigenvalue weighted by Gasteiger charge is 2.24. The van der Waals surface area contributed by atoms with Crippen LogP contribution >= 0.6 is 11.3 Å². The summed E-state index contributed by atoms with van der Waals surface area (Å²) in [5.74, 6) is 1.30. The van der Waals surface area contributed by atoms with Crippen LogP contribution in [0, 0.1) is 0 Å². The van der Waals surface area contributed by atoms with Crippen molar-refractivity contribution in [3.8, 4) is 5.75 Å². The highest BCUT2D eigenvalue weighted by atomic mass is 32.1. The quantitative estimate of drug-likeness (QED) is 0.805. The van der Waals surface area contributed by atoms with Crippen LogP contribution in [-0.4, -0.2) is 22.3 Å². The number of benzene rings is 1. The van der Waals surface area contributed by atoms with E-state index in [-0.39, 0.29) is 12.2 Å². The number of hydrogen-bond donors (Lipinski definition) is 2. The molecule has 0 spiro atoms. The molecular formula is C19H26N2O2S. The van der Waals surface area contributed by atoms with Crippen molar-refractivity contribution in [1.29, 1.82) is 0 Å². The first-order chi connectivity index (χ1) is 11.6. The fourth-order valence-electron chi connectivity index (χ4n) is 2.90. The monoisotopic (exact) mass is 346 g/mol. The summed E-state index contributed by atoms with van der Waals surface area (Å²) in [7, 11) is 0. The number of anilines is 1. The summed E-state index contributed by atoms with van der Waals surface area (Å²) >= 11 is 1.72. The molecule has 0 radical (unpaired) electrons. The van der Waals surface area contributed by atoms with Crippen LogP contribution in [0.15, 0.2) is 29.6 Å². The lowest BCUT2D eigenvalue weighted by molar-refractivity contribution is 0.00688. The summed E-state index contributed by atoms with van der Waals surface area (Å²) in [5.41, 5.74) is 2.12. The lowest BCUT2D eigenvalue weighted by Gasteiger charge is -2.28. The Morgan fingerprint density at radius 1 is 1.25 bits per heavy atom. The minimum Gasteiger partial charge on any atom is -0.488 e. The van der Waals surface area contributed by atoms with Gasteiger partial charge in [-0.3, -0.25) is 0 Å². The summed E-state index contributed by atoms with van der Waals surface area (Å²) in [6.07, 6.45) is 3.60. The molecule has 2 aromatic rings. The first-order valence-corrected chi connectivity index (χ1v) is 9.63. The topological polar surface area (TPSA) is 54.4 Å². The van der Waals surface area contributed by atoms with Gasteiger partial charge in [-0.2, -0.15) is 0 Å². The molecule has 1 aliphatic rings. The van der Waals surface area contributed by atoms with E-state index in [2.05, 4.69) is 29.5 Å². The SMILES string of the molecule is CC(C)c1nc(CNc2ccc(OC3CCCCC3O)cc2)cs1. The number of rotatable bonds is 6. The van der Waals surface area contributed by atoms with E-state index in [1.165, 1.54) is 5.01 Å². The molecule has 0 saturated heterocycles. The fourth-order valence-corrected chi connectivity index (χ4v) is 3.74. The molecule has 24 heavy (non-hydrogen) atoms. The first-order valence-electron chi connectivity index (χ1n) is 8.75. The number of nitrogens with zero attached hydrogens (tertiary/aromatic N) is 1. The molecule has 1 aliphatic carbocycles. The molecular weight excluding hydrogens is 320 g/mol. The average molecular weight is 346 g/mol. The number of ether oxygens (including phenoxy) is 1. The third-order valence-electron chi connectivity index (χ3n) is 4.35. The van der Waals surface area contributed by atoms with Crippen LogP contribution in [0.4, 0.5) is 5.69 Å². The molecule has 2 N–H and O–H groups in total. The Labute approximate surface area is 147 Å². The molecule has 1 aromatic heterocycles. The van der Waals surface area contributed by atoms with Crippen molar-refractivity contribution in [1.82, 2.24) is 4.98 Å². The third kappa shape index (κ3) is 4.48. The number of aromatic nitrogens is 1. The van der Waals surface area contributed by atoms with Crippen molar-refractivity contribution in [2.45, 2.75) is 64.2 Å². The van der Waals surface area contributed by atoms with E-state index in [9.17, 15) is 5.11 Å². The lowest BCUT2D eigenvalue weighted by Crippen LogP contribution is -2.34. The van der Waals surface area contributed by atoms with Crippen LogP contribution in [-0.2, 0) is 6.54 Å². The van der Waals surface area contributed by atoms with Crippen LogP contribution in [0.2, 0.25) is 0 Å². The normalized spacial score (nSPS) is 21.0. The van der Waals surface area contributed by atoms with Gasteiger partial charge in [-0.25, -0.2) is 4.98 Å². The van der Waals surface area contributed by atoms with Gasteiger partial charge in [0.15, 0.2) is 0 Å². The molecule has 0 aliphatic heterocycles. The Kier molecular flexibility index (Phi) is 5.74. The average Bonchev–Trinajstić information content (AvgIpc) is 3.06. The molecule has 2 atom stereocenters. The van der Waals surface area contributed by atoms with E-state index in [0.717, 1.165) is 49.4 Å². The predicted molar refractivity (Wildman–Crippen MR) is 98.9 cm³/mol. The van der Waals surface area contributed by atoms with E-state index in [1.807, 2.05) is 24.3 Å². The first kappa shape index (κ1) is 17.2. The van der Waals surface area contributed by atoms with Gasteiger partial charge in [0.2, 0.25) is 0 Å². The van der Waals surface area contributed by atoms with Crippen molar-refractivity contribution in [3.63, 3.8) is 0 Å². The number of thiazole rings is 1. The van der Waals surface area contributed by atoms with Crippen molar-refractivity contribution >= 4 is 17.0 Å². The summed E-state index contributed by atoms with van der Waals surface area (Å²) < 4.78 is 5.93. The highest BCUT2D eigenvalue weighted by molar-refractivity contribution is 7.09. The predicted octanol–water partition coefficient (Wildman–Crippen LogP) is 4.56. The second-order valence-corrected chi connectivity index (χ2v) is 7.61. The Bertz CT molecular complexity index is 639. The van der Waals surface area contributed by atoms with Crippen molar-refractivity contribution in [3.05, 3.63) is 40.3 Å². The Morgan fingerprint density at radius 2 is 2.00 bits per heavy atom. The molecule has 3 rings (SSSR count). The summed E-state index contributed by atoms with van der Waals surface area (Å²) in [4.78, 5) is 4.63. The maximum absolute atomic E-state index is 9.99. The molecule has 2 unspecified atom stereocenters. The van der Waals surface area contributed by atoms with E-state index in [1.54, 1.807) is 11.3 Å². The van der Waals surface area contributed by atoms with Gasteiger partial charge in [-0.05, 0) is 43.5 Å². The molecule has 1 aromatic carbocycles. The van der Waals surface area contributed by atoms with Gasteiger partial charge in [0.1, 0.15) is 11.9 Å². The van der Waals surface area contributed by atoms with E-state index in [0.29, 0.717) is 5.92 Å². The van der Waals surface area contributed by atoms with E-state index in [4.69, 9.17) is 4.74 Å². The van der Waals surface area contributed by atoms with Crippen molar-refractivity contribution in [2.75, 3.05) is 5.32 Å². The Hall–Kier alpha value is -1.59. The zero-order chi connectivity index (χ0) is 16.9. The zero-order valence-electron chi connectivity index (χ0n) is 14.4. The smallest absolute Gasteiger partial charge is 0.124 e. The Balaban J connectivity index is 1.52. The summed E-state index contributed by atoms with van der Waals surface area (Å²) in [6, 6.07) is 7.95. The number of aliphatic hydroxyl groups excluding tert-OH is 1. The lowest BCUT2D eigenvalue weighted by atomic mass is 9.95. The molecule has 5 heteroatoms. The second kappa shape index (κ2) is 7.99. The Morgan fingerprint density at radius 3 is 2.67 bits per heavy atom. The minimum absolute atomic E-state index is 0.0676. The van der Waals surface area contributed by atoms with Gasteiger partial charge >= 0.3 is 0 Å². The van der Waals surface area contributed by atoms with Crippen molar-refractivity contribution in [2.24, 2.45) is 0 Å². The maximum Gasteiger partial charge on any atom is 0.124 e. The van der Waals surface area contributed by atoms with Crippen LogP contribution < -0.4 is 10.1 Å². The van der Waals surface area contributed by atoms with Gasteiger partial charge in [0, 0.05) is 17.0 Å². The molecule has 0 bridgehead atoms. The van der Waals surface area contributed by atoms with E-state index >= 15 is 0 Å². The van der Waals surface area contributed by atoms with Gasteiger partial charge in [0.05, 0.1) is 23.4 Å².